The number of methoxy groups -OCH3 is 1. The lowest BCUT2D eigenvalue weighted by Gasteiger charge is -2.45. The average Bonchev–Trinajstić information content (AvgIpc) is 2.38. The molecule has 1 N–H and O–H groups in total. The molecule has 3 heteroatoms. The van der Waals surface area contributed by atoms with Crippen molar-refractivity contribution in [1.82, 2.24) is 10.2 Å². The molecule has 1 rings (SSSR count). The maximum Gasteiger partial charge on any atom is 0.0474 e. The minimum absolute atomic E-state index is 0.433. The molecule has 0 aromatic heterocycles. The van der Waals surface area contributed by atoms with Gasteiger partial charge in [-0.05, 0) is 50.6 Å². The van der Waals surface area contributed by atoms with Crippen LogP contribution in [0.15, 0.2) is 0 Å². The number of nitrogens with zero attached hydrogens (tertiary/aromatic N) is 1. The lowest BCUT2D eigenvalue weighted by Crippen LogP contribution is -2.53. The van der Waals surface area contributed by atoms with Gasteiger partial charge in [0, 0.05) is 32.3 Å². The van der Waals surface area contributed by atoms with Crippen LogP contribution in [0.4, 0.5) is 0 Å². The van der Waals surface area contributed by atoms with Gasteiger partial charge in [0.2, 0.25) is 0 Å². The summed E-state index contributed by atoms with van der Waals surface area (Å²) in [5.74, 6) is 0.840. The first-order valence-corrected chi connectivity index (χ1v) is 8.32. The molecule has 0 saturated heterocycles. The summed E-state index contributed by atoms with van der Waals surface area (Å²) in [4.78, 5) is 2.56. The molecule has 1 aliphatic carbocycles. The van der Waals surface area contributed by atoms with Gasteiger partial charge in [-0.2, -0.15) is 0 Å². The summed E-state index contributed by atoms with van der Waals surface area (Å²) < 4.78 is 5.19. The molecule has 1 fully saturated rings. The van der Waals surface area contributed by atoms with Crippen molar-refractivity contribution in [3.05, 3.63) is 0 Å². The van der Waals surface area contributed by atoms with Gasteiger partial charge in [-0.1, -0.05) is 27.7 Å². The Bertz CT molecular complexity index is 262. The Morgan fingerprint density at radius 2 is 1.95 bits per heavy atom. The third kappa shape index (κ3) is 5.34. The topological polar surface area (TPSA) is 24.5 Å². The van der Waals surface area contributed by atoms with Crippen LogP contribution >= 0.6 is 0 Å². The molecule has 1 aliphatic rings. The monoisotopic (exact) mass is 284 g/mol. The molecular weight excluding hydrogens is 248 g/mol. The van der Waals surface area contributed by atoms with Gasteiger partial charge in [-0.25, -0.2) is 0 Å². The van der Waals surface area contributed by atoms with Crippen molar-refractivity contribution in [3.63, 3.8) is 0 Å². The van der Waals surface area contributed by atoms with Gasteiger partial charge >= 0.3 is 0 Å². The zero-order valence-electron chi connectivity index (χ0n) is 14.5. The average molecular weight is 284 g/mol. The van der Waals surface area contributed by atoms with Crippen LogP contribution in [-0.4, -0.2) is 50.8 Å². The zero-order valence-corrected chi connectivity index (χ0v) is 14.5. The van der Waals surface area contributed by atoms with Gasteiger partial charge in [0.15, 0.2) is 0 Å². The molecule has 0 spiro atoms. The van der Waals surface area contributed by atoms with Crippen LogP contribution in [0, 0.1) is 11.3 Å². The van der Waals surface area contributed by atoms with Crippen molar-refractivity contribution < 1.29 is 4.74 Å². The van der Waals surface area contributed by atoms with E-state index in [0.717, 1.165) is 32.0 Å². The van der Waals surface area contributed by atoms with Gasteiger partial charge in [-0.15, -0.1) is 0 Å². The Kier molecular flexibility index (Phi) is 7.49. The number of nitrogens with one attached hydrogen (secondary N) is 1. The van der Waals surface area contributed by atoms with Crippen molar-refractivity contribution in [2.24, 2.45) is 11.3 Å². The Morgan fingerprint density at radius 3 is 2.50 bits per heavy atom. The van der Waals surface area contributed by atoms with Gasteiger partial charge in [0.25, 0.3) is 0 Å². The zero-order chi connectivity index (χ0) is 15.2. The second kappa shape index (κ2) is 8.35. The van der Waals surface area contributed by atoms with Crippen molar-refractivity contribution in [2.75, 3.05) is 33.9 Å². The van der Waals surface area contributed by atoms with Crippen LogP contribution in [-0.2, 0) is 4.74 Å². The van der Waals surface area contributed by atoms with E-state index in [-0.39, 0.29) is 0 Å². The number of ether oxygens (including phenoxy) is 1. The Labute approximate surface area is 126 Å². The van der Waals surface area contributed by atoms with E-state index >= 15 is 0 Å². The van der Waals surface area contributed by atoms with Crippen LogP contribution in [0.1, 0.15) is 53.4 Å². The van der Waals surface area contributed by atoms with Gasteiger partial charge in [0.05, 0.1) is 0 Å². The van der Waals surface area contributed by atoms with Crippen LogP contribution in [0.3, 0.4) is 0 Å². The predicted molar refractivity (Wildman–Crippen MR) is 87.2 cm³/mol. The highest BCUT2D eigenvalue weighted by Crippen LogP contribution is 2.39. The van der Waals surface area contributed by atoms with Crippen molar-refractivity contribution in [3.8, 4) is 0 Å². The first kappa shape index (κ1) is 17.9. The molecule has 0 amide bonds. The minimum atomic E-state index is 0.433. The molecular formula is C17H36N2O. The smallest absolute Gasteiger partial charge is 0.0474 e. The third-order valence-electron chi connectivity index (χ3n) is 4.93. The van der Waals surface area contributed by atoms with Gasteiger partial charge in [0.1, 0.15) is 0 Å². The molecule has 0 radical (unpaired) electrons. The fourth-order valence-corrected chi connectivity index (χ4v) is 3.54. The van der Waals surface area contributed by atoms with Gasteiger partial charge in [-0.3, -0.25) is 0 Å². The number of hydrogen-bond donors (Lipinski definition) is 1. The lowest BCUT2D eigenvalue weighted by atomic mass is 9.69. The van der Waals surface area contributed by atoms with E-state index in [9.17, 15) is 0 Å². The normalized spacial score (nSPS) is 28.1. The second-order valence-electron chi connectivity index (χ2n) is 7.43. The molecule has 0 heterocycles. The molecule has 3 unspecified atom stereocenters. The van der Waals surface area contributed by atoms with Crippen molar-refractivity contribution in [2.45, 2.75) is 65.5 Å². The second-order valence-corrected chi connectivity index (χ2v) is 7.43. The van der Waals surface area contributed by atoms with Crippen molar-refractivity contribution in [1.29, 1.82) is 0 Å². The molecule has 3 atom stereocenters. The molecule has 0 aromatic carbocycles. The number of hydrogen-bond acceptors (Lipinski definition) is 3. The lowest BCUT2D eigenvalue weighted by molar-refractivity contribution is 0.0674. The molecule has 0 aliphatic heterocycles. The molecule has 120 valence electrons. The summed E-state index contributed by atoms with van der Waals surface area (Å²) in [6.07, 6.45) is 5.13. The standard InChI is InChI=1S/C17H36N2O/c1-7-18-15-10-9-14(17(2,3)4)13-16(15)19(5)11-8-12-20-6/h14-16,18H,7-13H2,1-6H3. The summed E-state index contributed by atoms with van der Waals surface area (Å²) in [6.45, 7) is 12.5. The Balaban J connectivity index is 2.62. The Morgan fingerprint density at radius 1 is 1.25 bits per heavy atom. The van der Waals surface area contributed by atoms with E-state index in [4.69, 9.17) is 4.74 Å². The van der Waals surface area contributed by atoms with Crippen molar-refractivity contribution >= 4 is 0 Å². The van der Waals surface area contributed by atoms with Crippen LogP contribution < -0.4 is 5.32 Å². The van der Waals surface area contributed by atoms with E-state index in [1.807, 2.05) is 0 Å². The Hall–Kier alpha value is -0.120. The maximum atomic E-state index is 5.19. The summed E-state index contributed by atoms with van der Waals surface area (Å²) in [6, 6.07) is 1.33. The number of likely N-dealkylation sites (N-methyl/N-ethyl adjacent to an activating group) is 2. The summed E-state index contributed by atoms with van der Waals surface area (Å²) in [5, 5.41) is 3.70. The maximum absolute atomic E-state index is 5.19. The highest BCUT2D eigenvalue weighted by atomic mass is 16.5. The molecule has 1 saturated carbocycles. The predicted octanol–water partition coefficient (Wildman–Crippen LogP) is 3.15. The minimum Gasteiger partial charge on any atom is -0.385 e. The third-order valence-corrected chi connectivity index (χ3v) is 4.93. The first-order valence-electron chi connectivity index (χ1n) is 8.32. The molecule has 0 bridgehead atoms. The van der Waals surface area contributed by atoms with Crippen LogP contribution in [0.25, 0.3) is 0 Å². The summed E-state index contributed by atoms with van der Waals surface area (Å²) >= 11 is 0. The van der Waals surface area contributed by atoms with Gasteiger partial charge < -0.3 is 15.0 Å². The van der Waals surface area contributed by atoms with E-state index in [0.29, 0.717) is 17.5 Å². The fourth-order valence-electron chi connectivity index (χ4n) is 3.54. The molecule has 0 aromatic rings. The van der Waals surface area contributed by atoms with E-state index in [1.165, 1.54) is 19.3 Å². The molecule has 20 heavy (non-hydrogen) atoms. The fraction of sp³-hybridized carbons (Fsp3) is 1.00. The van der Waals surface area contributed by atoms with E-state index in [2.05, 4.69) is 45.0 Å². The van der Waals surface area contributed by atoms with E-state index in [1.54, 1.807) is 7.11 Å². The largest absolute Gasteiger partial charge is 0.385 e. The quantitative estimate of drug-likeness (QED) is 0.727. The van der Waals surface area contributed by atoms with Crippen LogP contribution in [0.2, 0.25) is 0 Å². The SMILES string of the molecule is CCNC1CCC(C(C)(C)C)CC1N(C)CCCOC. The van der Waals surface area contributed by atoms with E-state index < -0.39 is 0 Å². The van der Waals surface area contributed by atoms with Crippen LogP contribution in [0.5, 0.6) is 0 Å². The summed E-state index contributed by atoms with van der Waals surface area (Å²) in [5.41, 5.74) is 0.433. The number of rotatable bonds is 7. The summed E-state index contributed by atoms with van der Waals surface area (Å²) in [7, 11) is 4.08. The highest BCUT2D eigenvalue weighted by Gasteiger charge is 2.37. The first-order chi connectivity index (χ1) is 9.40. The highest BCUT2D eigenvalue weighted by molar-refractivity contribution is 4.93. The molecule has 3 nitrogen and oxygen atoms in total.